The van der Waals surface area contributed by atoms with Gasteiger partial charge < -0.3 is 8.83 Å². The second-order valence-corrected chi connectivity index (χ2v) is 12.4. The van der Waals surface area contributed by atoms with Gasteiger partial charge in [-0.1, -0.05) is 127 Å². The fourth-order valence-corrected chi connectivity index (χ4v) is 6.90. The number of benzene rings is 7. The SMILES string of the molecule is c1ccc(-c2cccc(-c3ccc(-c4nc(-c5ccc6c(c5)oc5ccccc56)nc(-c5cccc6oc7ccccc7c56)n4)cc3)c2)cc1. The molecule has 0 saturated carbocycles. The van der Waals surface area contributed by atoms with Gasteiger partial charge >= 0.3 is 0 Å². The molecule has 0 aliphatic heterocycles. The topological polar surface area (TPSA) is 65.0 Å². The van der Waals surface area contributed by atoms with E-state index in [9.17, 15) is 0 Å². The van der Waals surface area contributed by atoms with Gasteiger partial charge in [0.25, 0.3) is 0 Å². The Morgan fingerprint density at radius 2 is 0.820 bits per heavy atom. The van der Waals surface area contributed by atoms with Crippen molar-refractivity contribution in [1.82, 2.24) is 15.0 Å². The highest BCUT2D eigenvalue weighted by molar-refractivity contribution is 6.12. The molecule has 0 amide bonds. The van der Waals surface area contributed by atoms with E-state index in [1.165, 1.54) is 11.1 Å². The van der Waals surface area contributed by atoms with Crippen molar-refractivity contribution in [2.24, 2.45) is 0 Å². The third-order valence-electron chi connectivity index (χ3n) is 9.36. The lowest BCUT2D eigenvalue weighted by atomic mass is 9.98. The van der Waals surface area contributed by atoms with E-state index in [0.717, 1.165) is 71.7 Å². The molecule has 10 aromatic rings. The predicted molar refractivity (Wildman–Crippen MR) is 202 cm³/mol. The molecule has 0 bridgehead atoms. The molecule has 0 saturated heterocycles. The van der Waals surface area contributed by atoms with Crippen LogP contribution in [0.2, 0.25) is 0 Å². The van der Waals surface area contributed by atoms with Crippen LogP contribution in [0, 0.1) is 0 Å². The summed E-state index contributed by atoms with van der Waals surface area (Å²) in [6, 6.07) is 55.9. The quantitative estimate of drug-likeness (QED) is 0.187. The molecule has 3 heterocycles. The molecular formula is C45H27N3O2. The van der Waals surface area contributed by atoms with E-state index in [2.05, 4.69) is 103 Å². The lowest BCUT2D eigenvalue weighted by Crippen LogP contribution is -2.00. The van der Waals surface area contributed by atoms with Crippen LogP contribution in [0.15, 0.2) is 173 Å². The molecule has 50 heavy (non-hydrogen) atoms. The van der Waals surface area contributed by atoms with E-state index in [0.29, 0.717) is 17.5 Å². The molecule has 0 spiro atoms. The van der Waals surface area contributed by atoms with E-state index in [4.69, 9.17) is 23.8 Å². The van der Waals surface area contributed by atoms with Crippen LogP contribution in [0.5, 0.6) is 0 Å². The van der Waals surface area contributed by atoms with Crippen LogP contribution in [-0.2, 0) is 0 Å². The first-order valence-electron chi connectivity index (χ1n) is 16.6. The number of hydrogen-bond donors (Lipinski definition) is 0. The van der Waals surface area contributed by atoms with Crippen molar-refractivity contribution in [2.45, 2.75) is 0 Å². The summed E-state index contributed by atoms with van der Waals surface area (Å²) in [5, 5.41) is 4.14. The summed E-state index contributed by atoms with van der Waals surface area (Å²) in [5.74, 6) is 1.73. The van der Waals surface area contributed by atoms with Gasteiger partial charge in [0, 0.05) is 38.2 Å². The number of hydrogen-bond acceptors (Lipinski definition) is 5. The van der Waals surface area contributed by atoms with Crippen molar-refractivity contribution >= 4 is 43.9 Å². The van der Waals surface area contributed by atoms with Crippen LogP contribution in [0.25, 0.3) is 100 Å². The third kappa shape index (κ3) is 4.75. The first-order chi connectivity index (χ1) is 24.7. The first kappa shape index (κ1) is 28.2. The molecule has 0 fully saturated rings. The van der Waals surface area contributed by atoms with Gasteiger partial charge in [-0.3, -0.25) is 0 Å². The van der Waals surface area contributed by atoms with Crippen LogP contribution >= 0.6 is 0 Å². The smallest absolute Gasteiger partial charge is 0.164 e. The van der Waals surface area contributed by atoms with Crippen LogP contribution in [0.4, 0.5) is 0 Å². The molecule has 0 aliphatic carbocycles. The summed E-state index contributed by atoms with van der Waals surface area (Å²) in [5.41, 5.74) is 10.5. The van der Waals surface area contributed by atoms with Gasteiger partial charge in [-0.25, -0.2) is 15.0 Å². The van der Waals surface area contributed by atoms with Gasteiger partial charge in [-0.05, 0) is 58.7 Å². The summed E-state index contributed by atoms with van der Waals surface area (Å²) >= 11 is 0. The fourth-order valence-electron chi connectivity index (χ4n) is 6.90. The Morgan fingerprint density at radius 3 is 1.62 bits per heavy atom. The molecule has 234 valence electrons. The van der Waals surface area contributed by atoms with Gasteiger partial charge in [0.2, 0.25) is 0 Å². The number of aromatic nitrogens is 3. The standard InChI is InChI=1S/C45H27N3O2/c1-2-10-28(11-3-1)31-12-8-13-32(26-31)29-20-22-30(23-21-29)43-46-44(33-24-25-35-34-14-4-6-17-38(34)50-41(35)27-33)48-45(47-43)37-16-9-19-40-42(37)36-15-5-7-18-39(36)49-40/h1-27H. The molecular weight excluding hydrogens is 615 g/mol. The highest BCUT2D eigenvalue weighted by Crippen LogP contribution is 2.37. The fraction of sp³-hybridized carbons (Fsp3) is 0. The molecule has 10 rings (SSSR count). The normalized spacial score (nSPS) is 11.6. The van der Waals surface area contributed by atoms with Gasteiger partial charge in [-0.15, -0.1) is 0 Å². The van der Waals surface area contributed by atoms with Crippen LogP contribution in [-0.4, -0.2) is 15.0 Å². The van der Waals surface area contributed by atoms with Crippen LogP contribution < -0.4 is 0 Å². The average Bonchev–Trinajstić information content (AvgIpc) is 3.76. The van der Waals surface area contributed by atoms with Crippen LogP contribution in [0.3, 0.4) is 0 Å². The molecule has 5 heteroatoms. The van der Waals surface area contributed by atoms with Crippen molar-refractivity contribution in [3.63, 3.8) is 0 Å². The summed E-state index contributed by atoms with van der Waals surface area (Å²) in [7, 11) is 0. The van der Waals surface area contributed by atoms with Gasteiger partial charge in [0.15, 0.2) is 17.5 Å². The number of para-hydroxylation sites is 2. The van der Waals surface area contributed by atoms with Gasteiger partial charge in [0.05, 0.1) is 0 Å². The second-order valence-electron chi connectivity index (χ2n) is 12.4. The lowest BCUT2D eigenvalue weighted by Gasteiger charge is -2.10. The lowest BCUT2D eigenvalue weighted by molar-refractivity contribution is 0.668. The van der Waals surface area contributed by atoms with Crippen molar-refractivity contribution in [1.29, 1.82) is 0 Å². The minimum atomic E-state index is 0.566. The maximum atomic E-state index is 6.25. The summed E-state index contributed by atoms with van der Waals surface area (Å²) in [4.78, 5) is 15.3. The molecule has 0 unspecified atom stereocenters. The Morgan fingerprint density at radius 1 is 0.300 bits per heavy atom. The van der Waals surface area contributed by atoms with Crippen LogP contribution in [0.1, 0.15) is 0 Å². The zero-order valence-corrected chi connectivity index (χ0v) is 26.7. The largest absolute Gasteiger partial charge is 0.456 e. The Balaban J connectivity index is 1.12. The Labute approximate surface area is 287 Å². The van der Waals surface area contributed by atoms with E-state index >= 15 is 0 Å². The summed E-state index contributed by atoms with van der Waals surface area (Å²) in [6.07, 6.45) is 0. The molecule has 7 aromatic carbocycles. The Hall–Kier alpha value is -6.85. The number of fused-ring (bicyclic) bond motifs is 6. The summed E-state index contributed by atoms with van der Waals surface area (Å²) < 4.78 is 12.5. The molecule has 0 N–H and O–H groups in total. The Kier molecular flexibility index (Phi) is 6.42. The van der Waals surface area contributed by atoms with E-state index in [1.807, 2.05) is 60.7 Å². The van der Waals surface area contributed by atoms with E-state index in [1.54, 1.807) is 0 Å². The minimum absolute atomic E-state index is 0.566. The van der Waals surface area contributed by atoms with E-state index < -0.39 is 0 Å². The van der Waals surface area contributed by atoms with Crippen molar-refractivity contribution in [3.8, 4) is 56.4 Å². The Bertz CT molecular complexity index is 2870. The van der Waals surface area contributed by atoms with Gasteiger partial charge in [0.1, 0.15) is 22.3 Å². The molecule has 3 aromatic heterocycles. The van der Waals surface area contributed by atoms with Gasteiger partial charge in [-0.2, -0.15) is 0 Å². The number of furan rings is 2. The second kappa shape index (κ2) is 11.4. The highest BCUT2D eigenvalue weighted by Gasteiger charge is 2.18. The maximum Gasteiger partial charge on any atom is 0.164 e. The maximum absolute atomic E-state index is 6.25. The predicted octanol–water partition coefficient (Wildman–Crippen LogP) is 12.0. The van der Waals surface area contributed by atoms with Crippen molar-refractivity contribution < 1.29 is 8.83 Å². The number of rotatable bonds is 5. The zero-order chi connectivity index (χ0) is 33.0. The molecule has 5 nitrogen and oxygen atoms in total. The highest BCUT2D eigenvalue weighted by atomic mass is 16.3. The molecule has 0 atom stereocenters. The molecule has 0 aliphatic rings. The zero-order valence-electron chi connectivity index (χ0n) is 26.7. The monoisotopic (exact) mass is 641 g/mol. The molecule has 0 radical (unpaired) electrons. The van der Waals surface area contributed by atoms with E-state index in [-0.39, 0.29) is 0 Å². The number of nitrogens with zero attached hydrogens (tertiary/aromatic N) is 3. The third-order valence-corrected chi connectivity index (χ3v) is 9.36. The average molecular weight is 642 g/mol. The van der Waals surface area contributed by atoms with Crippen molar-refractivity contribution in [3.05, 3.63) is 164 Å². The summed E-state index contributed by atoms with van der Waals surface area (Å²) in [6.45, 7) is 0. The first-order valence-corrected chi connectivity index (χ1v) is 16.6. The van der Waals surface area contributed by atoms with Crippen molar-refractivity contribution in [2.75, 3.05) is 0 Å². The minimum Gasteiger partial charge on any atom is -0.456 e.